The van der Waals surface area contributed by atoms with Crippen molar-refractivity contribution in [2.24, 2.45) is 23.7 Å². The summed E-state index contributed by atoms with van der Waals surface area (Å²) in [6.07, 6.45) is 1.64. The van der Waals surface area contributed by atoms with Crippen LogP contribution in [0.4, 0.5) is 0 Å². The number of rotatable bonds is 6. The van der Waals surface area contributed by atoms with Crippen LogP contribution in [0, 0.1) is 23.7 Å². The molecule has 35 heavy (non-hydrogen) atoms. The van der Waals surface area contributed by atoms with Crippen LogP contribution in [0.3, 0.4) is 0 Å². The normalized spacial score (nSPS) is 40.8. The van der Waals surface area contributed by atoms with Gasteiger partial charge in [0.1, 0.15) is 5.60 Å². The summed E-state index contributed by atoms with van der Waals surface area (Å²) in [6, 6.07) is 0. The average Bonchev–Trinajstić information content (AvgIpc) is 3.40. The van der Waals surface area contributed by atoms with E-state index in [0.717, 1.165) is 6.42 Å². The molecule has 0 radical (unpaired) electrons. The van der Waals surface area contributed by atoms with E-state index in [-0.39, 0.29) is 52.7 Å². The third-order valence-electron chi connectivity index (χ3n) is 10.4. The minimum absolute atomic E-state index is 0.0164. The predicted molar refractivity (Wildman–Crippen MR) is 149 cm³/mol. The predicted octanol–water partition coefficient (Wildman–Crippen LogP) is 6.96. The summed E-state index contributed by atoms with van der Waals surface area (Å²) in [5.74, 6) is 0.0835. The van der Waals surface area contributed by atoms with Crippen LogP contribution in [-0.2, 0) is 18.3 Å². The van der Waals surface area contributed by atoms with Crippen molar-refractivity contribution in [1.82, 2.24) is 0 Å². The van der Waals surface area contributed by atoms with E-state index in [2.05, 4.69) is 95.4 Å². The average molecular weight is 529 g/mol. The van der Waals surface area contributed by atoms with Crippen molar-refractivity contribution in [3.8, 4) is 0 Å². The zero-order valence-corrected chi connectivity index (χ0v) is 27.2. The van der Waals surface area contributed by atoms with Gasteiger partial charge in [0, 0.05) is 24.2 Å². The number of fused-ring (bicyclic) bond motifs is 1. The van der Waals surface area contributed by atoms with Crippen LogP contribution in [-0.4, -0.2) is 58.0 Å². The van der Waals surface area contributed by atoms with Crippen molar-refractivity contribution in [2.75, 3.05) is 6.61 Å². The highest BCUT2D eigenvalue weighted by molar-refractivity contribution is 6.74. The van der Waals surface area contributed by atoms with Gasteiger partial charge in [-0.25, -0.2) is 0 Å². The van der Waals surface area contributed by atoms with Crippen LogP contribution in [0.1, 0.15) is 82.1 Å². The minimum atomic E-state index is -2.02. The van der Waals surface area contributed by atoms with E-state index in [1.165, 1.54) is 0 Å². The second-order valence-corrected chi connectivity index (χ2v) is 24.9. The largest absolute Gasteiger partial charge is 0.413 e. The maximum atomic E-state index is 10.5. The van der Waals surface area contributed by atoms with Gasteiger partial charge in [0.25, 0.3) is 0 Å². The fourth-order valence-corrected chi connectivity index (χ4v) is 8.48. The first-order valence-electron chi connectivity index (χ1n) is 14.0. The lowest BCUT2D eigenvalue weighted by molar-refractivity contribution is -0.379. The highest BCUT2D eigenvalue weighted by Crippen LogP contribution is 2.63. The molecule has 3 aliphatic rings. The van der Waals surface area contributed by atoms with E-state index in [1.807, 2.05) is 0 Å². The molecule has 3 fully saturated rings. The van der Waals surface area contributed by atoms with Gasteiger partial charge in [0.2, 0.25) is 0 Å². The molecule has 2 saturated heterocycles. The quantitative estimate of drug-likeness (QED) is 0.378. The molecule has 0 bridgehead atoms. The van der Waals surface area contributed by atoms with Crippen molar-refractivity contribution >= 4 is 16.6 Å². The Labute approximate surface area is 218 Å². The Hall–Kier alpha value is 0.234. The Morgan fingerprint density at radius 1 is 0.914 bits per heavy atom. The Kier molecular flexibility index (Phi) is 7.80. The van der Waals surface area contributed by atoms with E-state index < -0.39 is 28.0 Å². The lowest BCUT2D eigenvalue weighted by Crippen LogP contribution is -2.66. The van der Waals surface area contributed by atoms with E-state index in [9.17, 15) is 5.11 Å². The van der Waals surface area contributed by atoms with Gasteiger partial charge >= 0.3 is 0 Å². The smallest absolute Gasteiger partial charge is 0.192 e. The Bertz CT molecular complexity index is 770. The number of hydrogen-bond acceptors (Lipinski definition) is 5. The third-order valence-corrected chi connectivity index (χ3v) is 19.4. The molecule has 2 aliphatic heterocycles. The maximum Gasteiger partial charge on any atom is 0.192 e. The van der Waals surface area contributed by atoms with Gasteiger partial charge in [0.15, 0.2) is 22.4 Å². The topological polar surface area (TPSA) is 57.2 Å². The summed E-state index contributed by atoms with van der Waals surface area (Å²) in [4.78, 5) is 0. The first-order valence-corrected chi connectivity index (χ1v) is 19.8. The van der Waals surface area contributed by atoms with Crippen molar-refractivity contribution in [3.63, 3.8) is 0 Å². The molecule has 0 aromatic rings. The number of hydrogen-bond donors (Lipinski definition) is 1. The lowest BCUT2D eigenvalue weighted by Gasteiger charge is -2.57. The highest BCUT2D eigenvalue weighted by Gasteiger charge is 2.72. The van der Waals surface area contributed by atoms with Gasteiger partial charge in [-0.15, -0.1) is 0 Å². The van der Waals surface area contributed by atoms with E-state index in [0.29, 0.717) is 12.3 Å². The SMILES string of the molecule is CC(C)[C@H]1O[C@@]2(C[C@@H](O[Si](C)(C)C(C)(C)C)[C@@H]1C)O[C@@]1(CO)C[C@@H]1[C@@H](O[Si](C)(C)C(C)(C)C)[C@@H]2C. The molecule has 1 N–H and O–H groups in total. The van der Waals surface area contributed by atoms with Crippen molar-refractivity contribution < 1.29 is 23.4 Å². The van der Waals surface area contributed by atoms with E-state index in [1.54, 1.807) is 0 Å². The van der Waals surface area contributed by atoms with Crippen LogP contribution in [0.5, 0.6) is 0 Å². The molecule has 8 atom stereocenters. The first-order chi connectivity index (χ1) is 15.6. The fourth-order valence-electron chi connectivity index (χ4n) is 5.67. The van der Waals surface area contributed by atoms with Crippen LogP contribution in [0.25, 0.3) is 0 Å². The van der Waals surface area contributed by atoms with Gasteiger partial charge in [-0.2, -0.15) is 0 Å². The molecule has 1 aliphatic carbocycles. The molecule has 0 unspecified atom stereocenters. The molecular formula is C28H56O5Si2. The molecule has 1 spiro atoms. The molecule has 0 amide bonds. The molecule has 1 saturated carbocycles. The maximum absolute atomic E-state index is 10.5. The Morgan fingerprint density at radius 2 is 1.43 bits per heavy atom. The second-order valence-electron chi connectivity index (χ2n) is 15.4. The van der Waals surface area contributed by atoms with Crippen LogP contribution in [0.2, 0.25) is 36.3 Å². The summed E-state index contributed by atoms with van der Waals surface area (Å²) >= 11 is 0. The highest BCUT2D eigenvalue weighted by atomic mass is 28.4. The molecule has 0 aromatic heterocycles. The van der Waals surface area contributed by atoms with Gasteiger partial charge < -0.3 is 23.4 Å². The summed E-state index contributed by atoms with van der Waals surface area (Å²) in [5, 5.41) is 10.8. The summed E-state index contributed by atoms with van der Waals surface area (Å²) in [5.41, 5.74) is -0.552. The Balaban J connectivity index is 2.01. The molecular weight excluding hydrogens is 472 g/mol. The van der Waals surface area contributed by atoms with E-state index >= 15 is 0 Å². The molecule has 0 aromatic carbocycles. The summed E-state index contributed by atoms with van der Waals surface area (Å²) in [7, 11) is -4.02. The van der Waals surface area contributed by atoms with Gasteiger partial charge in [-0.05, 0) is 48.6 Å². The number of aliphatic hydroxyl groups is 1. The van der Waals surface area contributed by atoms with Gasteiger partial charge in [-0.1, -0.05) is 69.2 Å². The monoisotopic (exact) mass is 528 g/mol. The minimum Gasteiger partial charge on any atom is -0.413 e. The van der Waals surface area contributed by atoms with Crippen LogP contribution in [0.15, 0.2) is 0 Å². The van der Waals surface area contributed by atoms with Crippen LogP contribution >= 0.6 is 0 Å². The van der Waals surface area contributed by atoms with Crippen molar-refractivity contribution in [2.45, 2.75) is 148 Å². The molecule has 2 heterocycles. The van der Waals surface area contributed by atoms with E-state index in [4.69, 9.17) is 18.3 Å². The standard InChI is InChI=1S/C28H56O5Si2/c1-18(2)23-19(3)22(31-34(11,12)25(5,6)7)16-28(30-23)20(4)24(21-15-27(21,17-29)33-28)32-35(13,14)26(8,9)10/h18-24,29H,15-17H2,1-14H3/t19-,20-,21+,22+,23+,24-,27+,28-/m0/s1. The first kappa shape index (κ1) is 29.8. The fraction of sp³-hybridized carbons (Fsp3) is 1.00. The molecule has 3 rings (SSSR count). The van der Waals surface area contributed by atoms with Gasteiger partial charge in [-0.3, -0.25) is 0 Å². The number of ether oxygens (including phenoxy) is 2. The Morgan fingerprint density at radius 3 is 1.89 bits per heavy atom. The van der Waals surface area contributed by atoms with Crippen molar-refractivity contribution in [1.29, 1.82) is 0 Å². The molecule has 5 nitrogen and oxygen atoms in total. The number of aliphatic hydroxyl groups excluding tert-OH is 1. The zero-order valence-electron chi connectivity index (χ0n) is 25.2. The van der Waals surface area contributed by atoms with Crippen molar-refractivity contribution in [3.05, 3.63) is 0 Å². The second kappa shape index (κ2) is 9.16. The summed E-state index contributed by atoms with van der Waals surface area (Å²) in [6.45, 7) is 32.2. The third kappa shape index (κ3) is 5.26. The molecule has 7 heteroatoms. The summed E-state index contributed by atoms with van der Waals surface area (Å²) < 4.78 is 28.2. The zero-order chi connectivity index (χ0) is 27.0. The molecule has 206 valence electrons. The van der Waals surface area contributed by atoms with Gasteiger partial charge in [0.05, 0.1) is 24.9 Å². The lowest BCUT2D eigenvalue weighted by atomic mass is 9.77. The van der Waals surface area contributed by atoms with Crippen LogP contribution < -0.4 is 0 Å².